The van der Waals surface area contributed by atoms with E-state index in [0.717, 1.165) is 30.5 Å². The maximum atomic E-state index is 12.2. The summed E-state index contributed by atoms with van der Waals surface area (Å²) in [6, 6.07) is 11.0. The van der Waals surface area contributed by atoms with Crippen LogP contribution in [0.25, 0.3) is 0 Å². The van der Waals surface area contributed by atoms with Gasteiger partial charge >= 0.3 is 0 Å². The van der Waals surface area contributed by atoms with E-state index in [1.54, 1.807) is 24.3 Å². The number of ether oxygens (including phenoxy) is 1. The van der Waals surface area contributed by atoms with E-state index in [1.807, 2.05) is 19.1 Å². The molecule has 1 aromatic carbocycles. The number of amides is 1. The number of aryl methyl sites for hydroxylation is 1. The van der Waals surface area contributed by atoms with Gasteiger partial charge in [-0.2, -0.15) is 0 Å². The lowest BCUT2D eigenvalue weighted by Gasteiger charge is -2.35. The molecule has 0 saturated carbocycles. The van der Waals surface area contributed by atoms with Crippen molar-refractivity contribution in [3.63, 3.8) is 0 Å². The predicted octanol–water partition coefficient (Wildman–Crippen LogP) is 4.63. The Hall–Kier alpha value is -1.69. The molecule has 1 aliphatic rings. The lowest BCUT2D eigenvalue weighted by atomic mass is 9.97. The third kappa shape index (κ3) is 6.43. The predicted molar refractivity (Wildman–Crippen MR) is 113 cm³/mol. The van der Waals surface area contributed by atoms with Crippen LogP contribution in [0.3, 0.4) is 0 Å². The van der Waals surface area contributed by atoms with Gasteiger partial charge in [-0.1, -0.05) is 18.5 Å². The molecule has 2 aromatic rings. The molecule has 3 rings (SSSR count). The van der Waals surface area contributed by atoms with Crippen molar-refractivity contribution in [2.75, 3.05) is 26.2 Å². The van der Waals surface area contributed by atoms with Gasteiger partial charge in [-0.15, -0.1) is 12.4 Å². The van der Waals surface area contributed by atoms with E-state index < -0.39 is 0 Å². The Morgan fingerprint density at radius 1 is 1.25 bits per heavy atom. The molecule has 5 nitrogen and oxygen atoms in total. The molecule has 1 N–H and O–H groups in total. The van der Waals surface area contributed by atoms with Crippen molar-refractivity contribution in [1.29, 1.82) is 0 Å². The van der Waals surface area contributed by atoms with Crippen molar-refractivity contribution in [2.24, 2.45) is 5.92 Å². The Balaban J connectivity index is 0.00000280. The van der Waals surface area contributed by atoms with E-state index in [1.165, 1.54) is 12.8 Å². The molecule has 1 unspecified atom stereocenters. The van der Waals surface area contributed by atoms with Crippen molar-refractivity contribution in [1.82, 2.24) is 10.2 Å². The lowest BCUT2D eigenvalue weighted by molar-refractivity contribution is -0.123. The highest BCUT2D eigenvalue weighted by molar-refractivity contribution is 6.30. The number of likely N-dealkylation sites (tertiary alicyclic amines) is 1. The lowest BCUT2D eigenvalue weighted by Crippen LogP contribution is -2.42. The molecule has 1 aliphatic heterocycles. The first-order chi connectivity index (χ1) is 13.0. The summed E-state index contributed by atoms with van der Waals surface area (Å²) in [6.07, 6.45) is 2.34. The van der Waals surface area contributed by atoms with Crippen LogP contribution in [0.2, 0.25) is 5.02 Å². The number of piperidine rings is 1. The largest absolute Gasteiger partial charge is 0.484 e. The SMILES string of the molecule is Cc1ccc(C(CNC(=O)COc2ccc(Cl)cc2)N2CCC(C)CC2)o1.Cl. The molecule has 0 radical (unpaired) electrons. The minimum atomic E-state index is -0.149. The maximum Gasteiger partial charge on any atom is 0.258 e. The minimum Gasteiger partial charge on any atom is -0.484 e. The van der Waals surface area contributed by atoms with Gasteiger partial charge in [0.1, 0.15) is 17.3 Å². The second-order valence-corrected chi connectivity index (χ2v) is 7.67. The van der Waals surface area contributed by atoms with E-state index in [-0.39, 0.29) is 31.0 Å². The molecule has 0 bridgehead atoms. The Bertz CT molecular complexity index is 740. The number of hydrogen-bond donors (Lipinski definition) is 1. The number of halogens is 2. The summed E-state index contributed by atoms with van der Waals surface area (Å²) < 4.78 is 11.4. The quantitative estimate of drug-likeness (QED) is 0.700. The number of hydrogen-bond acceptors (Lipinski definition) is 4. The molecule has 1 fully saturated rings. The summed E-state index contributed by atoms with van der Waals surface area (Å²) in [6.45, 7) is 6.74. The molecule has 28 heavy (non-hydrogen) atoms. The molecular weight excluding hydrogens is 399 g/mol. The Labute approximate surface area is 177 Å². The van der Waals surface area contributed by atoms with E-state index in [2.05, 4.69) is 17.1 Å². The van der Waals surface area contributed by atoms with E-state index in [9.17, 15) is 4.79 Å². The number of carbonyl (C=O) groups excluding carboxylic acids is 1. The molecule has 1 saturated heterocycles. The second-order valence-electron chi connectivity index (χ2n) is 7.23. The first-order valence-corrected chi connectivity index (χ1v) is 9.84. The Morgan fingerprint density at radius 2 is 1.93 bits per heavy atom. The van der Waals surface area contributed by atoms with Gasteiger partial charge in [0, 0.05) is 11.6 Å². The van der Waals surface area contributed by atoms with E-state index in [0.29, 0.717) is 17.3 Å². The highest BCUT2D eigenvalue weighted by Crippen LogP contribution is 2.27. The average Bonchev–Trinajstić information content (AvgIpc) is 3.09. The van der Waals surface area contributed by atoms with Gasteiger partial charge in [0.05, 0.1) is 6.04 Å². The highest BCUT2D eigenvalue weighted by Gasteiger charge is 2.27. The Morgan fingerprint density at radius 3 is 2.54 bits per heavy atom. The fourth-order valence-corrected chi connectivity index (χ4v) is 3.45. The van der Waals surface area contributed by atoms with Gasteiger partial charge in [-0.05, 0) is 75.2 Å². The van der Waals surface area contributed by atoms with Crippen LogP contribution in [0, 0.1) is 12.8 Å². The first-order valence-electron chi connectivity index (χ1n) is 9.46. The normalized spacial score (nSPS) is 16.2. The third-order valence-electron chi connectivity index (χ3n) is 5.02. The zero-order valence-electron chi connectivity index (χ0n) is 16.3. The molecule has 7 heteroatoms. The van der Waals surface area contributed by atoms with Crippen LogP contribution in [0.15, 0.2) is 40.8 Å². The van der Waals surface area contributed by atoms with Crippen LogP contribution in [0.4, 0.5) is 0 Å². The summed E-state index contributed by atoms with van der Waals surface area (Å²) in [5, 5.41) is 3.63. The van der Waals surface area contributed by atoms with Gasteiger partial charge in [0.15, 0.2) is 6.61 Å². The van der Waals surface area contributed by atoms with E-state index >= 15 is 0 Å². The Kier molecular flexibility index (Phi) is 8.67. The van der Waals surface area contributed by atoms with Crippen molar-refractivity contribution in [3.8, 4) is 5.75 Å². The molecule has 1 aromatic heterocycles. The van der Waals surface area contributed by atoms with Crippen molar-refractivity contribution < 1.29 is 13.9 Å². The second kappa shape index (κ2) is 10.7. The number of furan rings is 1. The zero-order valence-corrected chi connectivity index (χ0v) is 17.9. The molecule has 154 valence electrons. The van der Waals surface area contributed by atoms with Crippen LogP contribution < -0.4 is 10.1 Å². The summed E-state index contributed by atoms with van der Waals surface area (Å²) in [7, 11) is 0. The smallest absolute Gasteiger partial charge is 0.258 e. The van der Waals surface area contributed by atoms with Crippen LogP contribution in [-0.2, 0) is 4.79 Å². The summed E-state index contributed by atoms with van der Waals surface area (Å²) >= 11 is 5.85. The van der Waals surface area contributed by atoms with Crippen LogP contribution in [0.5, 0.6) is 5.75 Å². The third-order valence-corrected chi connectivity index (χ3v) is 5.28. The van der Waals surface area contributed by atoms with Crippen molar-refractivity contribution >= 4 is 29.9 Å². The number of carbonyl (C=O) groups is 1. The average molecular weight is 427 g/mol. The molecule has 1 atom stereocenters. The first kappa shape index (κ1) is 22.6. The standard InChI is InChI=1S/C21H27ClN2O3.ClH/c1-15-9-11-24(12-10-15)19(20-8-3-16(2)27-20)13-23-21(25)14-26-18-6-4-17(22)5-7-18;/h3-8,15,19H,9-14H2,1-2H3,(H,23,25);1H. The summed E-state index contributed by atoms with van der Waals surface area (Å²) in [5.41, 5.74) is 0. The number of benzene rings is 1. The number of rotatable bonds is 7. The van der Waals surface area contributed by atoms with Gasteiger partial charge in [-0.25, -0.2) is 0 Å². The van der Waals surface area contributed by atoms with Crippen LogP contribution in [-0.4, -0.2) is 37.0 Å². The topological polar surface area (TPSA) is 54.7 Å². The monoisotopic (exact) mass is 426 g/mol. The molecule has 0 spiro atoms. The van der Waals surface area contributed by atoms with Crippen molar-refractivity contribution in [3.05, 3.63) is 52.9 Å². The maximum absolute atomic E-state index is 12.2. The fourth-order valence-electron chi connectivity index (χ4n) is 3.32. The fraction of sp³-hybridized carbons (Fsp3) is 0.476. The molecular formula is C21H28Cl2N2O3. The summed E-state index contributed by atoms with van der Waals surface area (Å²) in [5.74, 6) is 3.02. The van der Waals surface area contributed by atoms with Gasteiger partial charge in [-0.3, -0.25) is 9.69 Å². The van der Waals surface area contributed by atoms with Crippen LogP contribution in [0.1, 0.15) is 37.3 Å². The minimum absolute atomic E-state index is 0. The van der Waals surface area contributed by atoms with E-state index in [4.69, 9.17) is 20.8 Å². The zero-order chi connectivity index (χ0) is 19.2. The van der Waals surface area contributed by atoms with Crippen LogP contribution >= 0.6 is 24.0 Å². The molecule has 1 amide bonds. The molecule has 0 aliphatic carbocycles. The summed E-state index contributed by atoms with van der Waals surface area (Å²) in [4.78, 5) is 14.6. The van der Waals surface area contributed by atoms with Gasteiger partial charge < -0.3 is 14.5 Å². The van der Waals surface area contributed by atoms with Gasteiger partial charge in [0.25, 0.3) is 5.91 Å². The highest BCUT2D eigenvalue weighted by atomic mass is 35.5. The number of nitrogens with zero attached hydrogens (tertiary/aromatic N) is 1. The van der Waals surface area contributed by atoms with Crippen molar-refractivity contribution in [2.45, 2.75) is 32.7 Å². The molecule has 2 heterocycles. The van der Waals surface area contributed by atoms with Gasteiger partial charge in [0.2, 0.25) is 0 Å². The number of nitrogens with one attached hydrogen (secondary N) is 1.